The van der Waals surface area contributed by atoms with Gasteiger partial charge in [-0.05, 0) is 109 Å². The van der Waals surface area contributed by atoms with Crippen LogP contribution < -0.4 is 0 Å². The van der Waals surface area contributed by atoms with E-state index in [1.54, 1.807) is 0 Å². The molecular weight excluding hydrogens is 805 g/mol. The molecule has 0 atom stereocenters. The molecule has 0 unspecified atom stereocenters. The second kappa shape index (κ2) is 14.3. The monoisotopic (exact) mass is 840 g/mol. The molecule has 3 aromatic heterocycles. The molecule has 0 fully saturated rings. The molecule has 3 heterocycles. The first-order chi connectivity index (χ1) is 32.7. The van der Waals surface area contributed by atoms with Gasteiger partial charge in [-0.2, -0.15) is 0 Å². The van der Waals surface area contributed by atoms with Crippen LogP contribution in [0.5, 0.6) is 0 Å². The molecule has 11 aromatic carbocycles. The van der Waals surface area contributed by atoms with Gasteiger partial charge in [0.25, 0.3) is 0 Å². The van der Waals surface area contributed by atoms with E-state index in [1.807, 2.05) is 18.2 Å². The standard InChI is InChI=1S/C61H36N4O/c1-2-14-38(15-3-1)46-22-12-23-49-50(29-30-53(58(46)49)65-54-34-42-19-8-6-17-40(42)32-51(54)52-33-41-18-7-9-20-43(41)35-55(52)65)61-63-59(44-26-25-37-13-4-5-16-39(37)31-44)62-60(64-61)45-27-28-48-47-21-10-11-24-56(47)66-57(48)36-45/h1-36H. The molecule has 0 spiro atoms. The fourth-order valence-corrected chi connectivity index (χ4v) is 10.2. The van der Waals surface area contributed by atoms with Gasteiger partial charge < -0.3 is 8.98 Å². The number of hydrogen-bond acceptors (Lipinski definition) is 4. The van der Waals surface area contributed by atoms with Crippen LogP contribution in [0.4, 0.5) is 0 Å². The minimum absolute atomic E-state index is 0.572. The van der Waals surface area contributed by atoms with Crippen LogP contribution in [0.1, 0.15) is 0 Å². The average molecular weight is 841 g/mol. The second-order valence-corrected chi connectivity index (χ2v) is 17.2. The predicted molar refractivity (Wildman–Crippen MR) is 273 cm³/mol. The smallest absolute Gasteiger partial charge is 0.164 e. The van der Waals surface area contributed by atoms with Gasteiger partial charge in [0.2, 0.25) is 0 Å². The zero-order valence-electron chi connectivity index (χ0n) is 35.5. The van der Waals surface area contributed by atoms with E-state index < -0.39 is 0 Å². The highest BCUT2D eigenvalue weighted by atomic mass is 16.3. The van der Waals surface area contributed by atoms with Gasteiger partial charge in [0, 0.05) is 43.6 Å². The van der Waals surface area contributed by atoms with E-state index in [-0.39, 0.29) is 0 Å². The Kier molecular flexibility index (Phi) is 7.91. The highest BCUT2D eigenvalue weighted by molar-refractivity contribution is 6.19. The molecular formula is C61H36N4O. The van der Waals surface area contributed by atoms with Crippen LogP contribution in [-0.4, -0.2) is 19.5 Å². The molecule has 0 aliphatic carbocycles. The summed E-state index contributed by atoms with van der Waals surface area (Å²) in [7, 11) is 0. The van der Waals surface area contributed by atoms with Crippen LogP contribution in [0, 0.1) is 0 Å². The van der Waals surface area contributed by atoms with Crippen molar-refractivity contribution >= 4 is 86.8 Å². The molecule has 14 aromatic rings. The lowest BCUT2D eigenvalue weighted by atomic mass is 9.93. The number of nitrogens with zero attached hydrogens (tertiary/aromatic N) is 4. The van der Waals surface area contributed by atoms with E-state index in [4.69, 9.17) is 19.4 Å². The first-order valence-electron chi connectivity index (χ1n) is 22.3. The maximum absolute atomic E-state index is 6.39. The number of rotatable bonds is 5. The maximum Gasteiger partial charge on any atom is 0.164 e. The van der Waals surface area contributed by atoms with Gasteiger partial charge in [-0.3, -0.25) is 0 Å². The largest absolute Gasteiger partial charge is 0.456 e. The van der Waals surface area contributed by atoms with Crippen molar-refractivity contribution in [2.75, 3.05) is 0 Å². The molecule has 0 bridgehead atoms. The molecule has 0 aliphatic rings. The number of para-hydroxylation sites is 1. The molecule has 66 heavy (non-hydrogen) atoms. The molecule has 5 heteroatoms. The van der Waals surface area contributed by atoms with Crippen LogP contribution in [0.15, 0.2) is 223 Å². The Morgan fingerprint density at radius 3 is 1.56 bits per heavy atom. The van der Waals surface area contributed by atoms with E-state index >= 15 is 0 Å². The lowest BCUT2D eigenvalue weighted by Crippen LogP contribution is -2.02. The average Bonchev–Trinajstić information content (AvgIpc) is 3.90. The SMILES string of the molecule is c1ccc(-c2cccc3c(-c4nc(-c5ccc6ccccc6c5)nc(-c5ccc6c(c5)oc5ccccc56)n4)ccc(-n4c5cc6ccccc6cc5c5cc6ccccc6cc54)c23)cc1. The minimum Gasteiger partial charge on any atom is -0.456 e. The summed E-state index contributed by atoms with van der Waals surface area (Å²) >= 11 is 0. The highest BCUT2D eigenvalue weighted by Crippen LogP contribution is 2.44. The number of fused-ring (bicyclic) bond motifs is 10. The van der Waals surface area contributed by atoms with Crippen molar-refractivity contribution in [1.29, 1.82) is 0 Å². The van der Waals surface area contributed by atoms with Gasteiger partial charge in [-0.25, -0.2) is 15.0 Å². The maximum atomic E-state index is 6.39. The van der Waals surface area contributed by atoms with Crippen molar-refractivity contribution in [2.24, 2.45) is 0 Å². The van der Waals surface area contributed by atoms with Gasteiger partial charge in [0.15, 0.2) is 17.5 Å². The van der Waals surface area contributed by atoms with Crippen molar-refractivity contribution in [3.8, 4) is 51.0 Å². The van der Waals surface area contributed by atoms with Crippen molar-refractivity contribution < 1.29 is 4.42 Å². The summed E-state index contributed by atoms with van der Waals surface area (Å²) in [6.07, 6.45) is 0. The van der Waals surface area contributed by atoms with Gasteiger partial charge in [-0.15, -0.1) is 0 Å². The number of benzene rings is 11. The molecule has 0 aliphatic heterocycles. The van der Waals surface area contributed by atoms with E-state index in [1.165, 1.54) is 32.3 Å². The zero-order chi connectivity index (χ0) is 43.3. The fourth-order valence-electron chi connectivity index (χ4n) is 10.2. The van der Waals surface area contributed by atoms with Crippen molar-refractivity contribution in [3.63, 3.8) is 0 Å². The van der Waals surface area contributed by atoms with Gasteiger partial charge in [-0.1, -0.05) is 158 Å². The summed E-state index contributed by atoms with van der Waals surface area (Å²) in [5.74, 6) is 1.76. The Morgan fingerprint density at radius 2 is 0.848 bits per heavy atom. The second-order valence-electron chi connectivity index (χ2n) is 17.2. The predicted octanol–water partition coefficient (Wildman–Crippen LogP) is 16.1. The molecule has 14 rings (SSSR count). The molecule has 0 N–H and O–H groups in total. The summed E-state index contributed by atoms with van der Waals surface area (Å²) in [4.78, 5) is 15.9. The summed E-state index contributed by atoms with van der Waals surface area (Å²) in [5, 5.41) is 13.8. The Hall–Kier alpha value is -8.93. The Balaban J connectivity index is 1.07. The van der Waals surface area contributed by atoms with Gasteiger partial charge in [0.05, 0.1) is 16.7 Å². The molecule has 0 saturated carbocycles. The zero-order valence-corrected chi connectivity index (χ0v) is 35.5. The van der Waals surface area contributed by atoms with Crippen LogP contribution in [0.3, 0.4) is 0 Å². The number of aromatic nitrogens is 4. The normalized spacial score (nSPS) is 11.9. The third-order valence-corrected chi connectivity index (χ3v) is 13.4. The van der Waals surface area contributed by atoms with E-state index in [0.29, 0.717) is 17.5 Å². The van der Waals surface area contributed by atoms with Crippen molar-refractivity contribution in [3.05, 3.63) is 218 Å². The summed E-state index contributed by atoms with van der Waals surface area (Å²) in [6.45, 7) is 0. The minimum atomic E-state index is 0.572. The van der Waals surface area contributed by atoms with Gasteiger partial charge in [0.1, 0.15) is 11.2 Å². The lowest BCUT2D eigenvalue weighted by Gasteiger charge is -2.18. The van der Waals surface area contributed by atoms with Crippen LogP contribution in [-0.2, 0) is 0 Å². The molecule has 306 valence electrons. The summed E-state index contributed by atoms with van der Waals surface area (Å²) < 4.78 is 8.86. The van der Waals surface area contributed by atoms with Gasteiger partial charge >= 0.3 is 0 Å². The van der Waals surface area contributed by atoms with E-state index in [2.05, 4.69) is 205 Å². The Labute approximate surface area is 378 Å². The summed E-state index contributed by atoms with van der Waals surface area (Å²) in [6, 6.07) is 77.8. The van der Waals surface area contributed by atoms with E-state index in [9.17, 15) is 0 Å². The molecule has 0 saturated heterocycles. The third kappa shape index (κ3) is 5.70. The third-order valence-electron chi connectivity index (χ3n) is 13.4. The van der Waals surface area contributed by atoms with Crippen LogP contribution in [0.2, 0.25) is 0 Å². The van der Waals surface area contributed by atoms with Crippen molar-refractivity contribution in [2.45, 2.75) is 0 Å². The van der Waals surface area contributed by atoms with Crippen molar-refractivity contribution in [1.82, 2.24) is 19.5 Å². The first kappa shape index (κ1) is 36.5. The quantitative estimate of drug-likeness (QED) is 0.173. The Bertz CT molecular complexity index is 4200. The molecule has 0 radical (unpaired) electrons. The molecule has 5 nitrogen and oxygen atoms in total. The lowest BCUT2D eigenvalue weighted by molar-refractivity contribution is 0.669. The van der Waals surface area contributed by atoms with E-state index in [0.717, 1.165) is 88.0 Å². The molecule has 0 amide bonds. The number of hydrogen-bond donors (Lipinski definition) is 0. The number of furan rings is 1. The van der Waals surface area contributed by atoms with Crippen LogP contribution in [0.25, 0.3) is 138 Å². The first-order valence-corrected chi connectivity index (χ1v) is 22.3. The van der Waals surface area contributed by atoms with Crippen LogP contribution >= 0.6 is 0 Å². The Morgan fingerprint density at radius 1 is 0.303 bits per heavy atom. The topological polar surface area (TPSA) is 56.7 Å². The highest BCUT2D eigenvalue weighted by Gasteiger charge is 2.22. The fraction of sp³-hybridized carbons (Fsp3) is 0. The summed E-state index contributed by atoms with van der Waals surface area (Å²) in [5.41, 5.74) is 9.96.